The fourth-order valence-electron chi connectivity index (χ4n) is 3.21. The molecule has 132 valence electrons. The van der Waals surface area contributed by atoms with Crippen LogP contribution in [-0.4, -0.2) is 38.6 Å². The Bertz CT molecular complexity index is 603. The SMILES string of the molecule is COc1ccc(NC(=O)C2CCNCC2)cc1N1CCCC1=O.Cl. The summed E-state index contributed by atoms with van der Waals surface area (Å²) < 4.78 is 5.37. The molecule has 0 unspecified atom stereocenters. The molecular weight excluding hydrogens is 330 g/mol. The summed E-state index contributed by atoms with van der Waals surface area (Å²) in [4.78, 5) is 26.1. The Morgan fingerprint density at radius 2 is 2.08 bits per heavy atom. The Labute approximate surface area is 148 Å². The molecule has 2 amide bonds. The van der Waals surface area contributed by atoms with Crippen molar-refractivity contribution in [2.75, 3.05) is 37.0 Å². The van der Waals surface area contributed by atoms with Crippen LogP contribution in [0.15, 0.2) is 18.2 Å². The van der Waals surface area contributed by atoms with E-state index in [2.05, 4.69) is 10.6 Å². The van der Waals surface area contributed by atoms with E-state index in [4.69, 9.17) is 4.74 Å². The fraction of sp³-hybridized carbons (Fsp3) is 0.529. The van der Waals surface area contributed by atoms with Gasteiger partial charge in [0.05, 0.1) is 12.8 Å². The lowest BCUT2D eigenvalue weighted by Gasteiger charge is -2.23. The first-order valence-corrected chi connectivity index (χ1v) is 8.19. The molecular formula is C17H24ClN3O3. The van der Waals surface area contributed by atoms with Crippen LogP contribution >= 0.6 is 12.4 Å². The Balaban J connectivity index is 0.00000208. The second kappa shape index (κ2) is 8.35. The highest BCUT2D eigenvalue weighted by molar-refractivity contribution is 5.99. The minimum absolute atomic E-state index is 0. The molecule has 2 aliphatic rings. The zero-order valence-electron chi connectivity index (χ0n) is 13.8. The first-order chi connectivity index (χ1) is 11.2. The van der Waals surface area contributed by atoms with Crippen molar-refractivity contribution in [1.29, 1.82) is 0 Å². The van der Waals surface area contributed by atoms with E-state index in [1.165, 1.54) is 0 Å². The first kappa shape index (κ1) is 18.5. The van der Waals surface area contributed by atoms with E-state index in [-0.39, 0.29) is 30.1 Å². The molecule has 6 nitrogen and oxygen atoms in total. The van der Waals surface area contributed by atoms with Crippen LogP contribution in [0.4, 0.5) is 11.4 Å². The molecule has 2 N–H and O–H groups in total. The molecule has 0 bridgehead atoms. The Hall–Kier alpha value is -1.79. The van der Waals surface area contributed by atoms with Crippen LogP contribution < -0.4 is 20.3 Å². The van der Waals surface area contributed by atoms with Crippen molar-refractivity contribution in [2.45, 2.75) is 25.7 Å². The van der Waals surface area contributed by atoms with Gasteiger partial charge >= 0.3 is 0 Å². The normalized spacial score (nSPS) is 18.2. The van der Waals surface area contributed by atoms with Crippen LogP contribution in [0.25, 0.3) is 0 Å². The van der Waals surface area contributed by atoms with Crippen LogP contribution in [0.1, 0.15) is 25.7 Å². The number of amides is 2. The summed E-state index contributed by atoms with van der Waals surface area (Å²) in [6.45, 7) is 2.46. The van der Waals surface area contributed by atoms with Crippen LogP contribution in [0.5, 0.6) is 5.75 Å². The van der Waals surface area contributed by atoms with E-state index in [0.29, 0.717) is 24.4 Å². The van der Waals surface area contributed by atoms with E-state index >= 15 is 0 Å². The fourth-order valence-corrected chi connectivity index (χ4v) is 3.21. The lowest BCUT2D eigenvalue weighted by Crippen LogP contribution is -2.34. The number of anilines is 2. The lowest BCUT2D eigenvalue weighted by atomic mass is 9.97. The van der Waals surface area contributed by atoms with Gasteiger partial charge in [-0.15, -0.1) is 12.4 Å². The number of benzene rings is 1. The molecule has 0 aromatic heterocycles. The van der Waals surface area contributed by atoms with Gasteiger partial charge in [0, 0.05) is 24.6 Å². The summed E-state index contributed by atoms with van der Waals surface area (Å²) in [6.07, 6.45) is 3.14. The van der Waals surface area contributed by atoms with E-state index in [1.807, 2.05) is 12.1 Å². The van der Waals surface area contributed by atoms with E-state index < -0.39 is 0 Å². The predicted octanol–water partition coefficient (Wildman–Crippen LogP) is 2.18. The maximum atomic E-state index is 12.4. The van der Waals surface area contributed by atoms with Gasteiger partial charge in [-0.2, -0.15) is 0 Å². The number of methoxy groups -OCH3 is 1. The maximum absolute atomic E-state index is 12.4. The van der Waals surface area contributed by atoms with Crippen LogP contribution in [0.3, 0.4) is 0 Å². The zero-order valence-corrected chi connectivity index (χ0v) is 14.7. The highest BCUT2D eigenvalue weighted by atomic mass is 35.5. The highest BCUT2D eigenvalue weighted by Crippen LogP contribution is 2.34. The summed E-state index contributed by atoms with van der Waals surface area (Å²) >= 11 is 0. The molecule has 2 heterocycles. The molecule has 1 aromatic rings. The van der Waals surface area contributed by atoms with E-state index in [1.54, 1.807) is 18.1 Å². The van der Waals surface area contributed by atoms with E-state index in [0.717, 1.165) is 38.0 Å². The van der Waals surface area contributed by atoms with Gasteiger partial charge in [-0.05, 0) is 50.6 Å². The van der Waals surface area contributed by atoms with Crippen molar-refractivity contribution in [2.24, 2.45) is 5.92 Å². The molecule has 2 fully saturated rings. The third-order valence-electron chi connectivity index (χ3n) is 4.52. The first-order valence-electron chi connectivity index (χ1n) is 8.19. The molecule has 0 saturated carbocycles. The minimum Gasteiger partial charge on any atom is -0.495 e. The van der Waals surface area contributed by atoms with E-state index in [9.17, 15) is 9.59 Å². The van der Waals surface area contributed by atoms with Crippen molar-refractivity contribution in [3.8, 4) is 5.75 Å². The molecule has 0 spiro atoms. The molecule has 24 heavy (non-hydrogen) atoms. The van der Waals surface area contributed by atoms with Gasteiger partial charge in [0.25, 0.3) is 0 Å². The second-order valence-electron chi connectivity index (χ2n) is 6.05. The number of hydrogen-bond donors (Lipinski definition) is 2. The van der Waals surface area contributed by atoms with Crippen LogP contribution in [0, 0.1) is 5.92 Å². The molecule has 2 saturated heterocycles. The van der Waals surface area contributed by atoms with Gasteiger partial charge < -0.3 is 20.3 Å². The topological polar surface area (TPSA) is 70.7 Å². The summed E-state index contributed by atoms with van der Waals surface area (Å²) in [5.74, 6) is 0.857. The van der Waals surface area contributed by atoms with Crippen molar-refractivity contribution in [3.63, 3.8) is 0 Å². The number of piperidine rings is 1. The molecule has 3 rings (SSSR count). The number of hydrogen-bond acceptors (Lipinski definition) is 4. The minimum atomic E-state index is 0. The van der Waals surface area contributed by atoms with Crippen LogP contribution in [-0.2, 0) is 9.59 Å². The van der Waals surface area contributed by atoms with Crippen LogP contribution in [0.2, 0.25) is 0 Å². The molecule has 0 radical (unpaired) electrons. The summed E-state index contributed by atoms with van der Waals surface area (Å²) in [5.41, 5.74) is 1.45. The summed E-state index contributed by atoms with van der Waals surface area (Å²) in [7, 11) is 1.59. The number of halogens is 1. The van der Waals surface area contributed by atoms with Gasteiger partial charge in [-0.25, -0.2) is 0 Å². The molecule has 7 heteroatoms. The number of ether oxygens (including phenoxy) is 1. The second-order valence-corrected chi connectivity index (χ2v) is 6.05. The Morgan fingerprint density at radius 1 is 1.33 bits per heavy atom. The monoisotopic (exact) mass is 353 g/mol. The van der Waals surface area contributed by atoms with Crippen molar-refractivity contribution in [3.05, 3.63) is 18.2 Å². The molecule has 1 aromatic carbocycles. The number of carbonyl (C=O) groups is 2. The number of carbonyl (C=O) groups excluding carboxylic acids is 2. The molecule has 0 atom stereocenters. The summed E-state index contributed by atoms with van der Waals surface area (Å²) in [5, 5.41) is 6.24. The van der Waals surface area contributed by atoms with Gasteiger partial charge in [-0.1, -0.05) is 0 Å². The predicted molar refractivity (Wildman–Crippen MR) is 96.1 cm³/mol. The zero-order chi connectivity index (χ0) is 16.2. The van der Waals surface area contributed by atoms with Crippen molar-refractivity contribution in [1.82, 2.24) is 5.32 Å². The van der Waals surface area contributed by atoms with Gasteiger partial charge in [0.15, 0.2) is 0 Å². The Kier molecular flexibility index (Phi) is 6.45. The highest BCUT2D eigenvalue weighted by Gasteiger charge is 2.26. The largest absolute Gasteiger partial charge is 0.495 e. The standard InChI is InChI=1S/C17H23N3O3.ClH/c1-23-15-5-4-13(11-14(15)20-10-2-3-16(20)21)19-17(22)12-6-8-18-9-7-12;/h4-5,11-12,18H,2-3,6-10H2,1H3,(H,19,22);1H. The lowest BCUT2D eigenvalue weighted by molar-refractivity contribution is -0.120. The van der Waals surface area contributed by atoms with Crippen molar-refractivity contribution < 1.29 is 14.3 Å². The Morgan fingerprint density at radius 3 is 2.71 bits per heavy atom. The number of nitrogens with zero attached hydrogens (tertiary/aromatic N) is 1. The van der Waals surface area contributed by atoms with Gasteiger partial charge in [0.1, 0.15) is 5.75 Å². The van der Waals surface area contributed by atoms with Gasteiger partial charge in [-0.3, -0.25) is 9.59 Å². The molecule has 0 aliphatic carbocycles. The number of nitrogens with one attached hydrogen (secondary N) is 2. The maximum Gasteiger partial charge on any atom is 0.227 e. The number of rotatable bonds is 4. The smallest absolute Gasteiger partial charge is 0.227 e. The van der Waals surface area contributed by atoms with Crippen molar-refractivity contribution >= 4 is 35.6 Å². The average Bonchev–Trinajstić information content (AvgIpc) is 3.01. The quantitative estimate of drug-likeness (QED) is 0.870. The third-order valence-corrected chi connectivity index (χ3v) is 4.52. The summed E-state index contributed by atoms with van der Waals surface area (Å²) in [6, 6.07) is 5.46. The third kappa shape index (κ3) is 3.99. The molecule has 2 aliphatic heterocycles. The van der Waals surface area contributed by atoms with Gasteiger partial charge in [0.2, 0.25) is 11.8 Å². The average molecular weight is 354 g/mol.